The zero-order valence-electron chi connectivity index (χ0n) is 19.0. The number of nitrogens with one attached hydrogen (secondary N) is 1. The Hall–Kier alpha value is -3.26. The van der Waals surface area contributed by atoms with Gasteiger partial charge in [-0.1, -0.05) is 25.0 Å². The van der Waals surface area contributed by atoms with E-state index in [0.717, 1.165) is 46.1 Å². The van der Waals surface area contributed by atoms with Gasteiger partial charge >= 0.3 is 0 Å². The van der Waals surface area contributed by atoms with Gasteiger partial charge < -0.3 is 10.2 Å². The van der Waals surface area contributed by atoms with Crippen LogP contribution in [0.3, 0.4) is 0 Å². The largest absolute Gasteiger partial charge is 0.357 e. The van der Waals surface area contributed by atoms with Crippen LogP contribution >= 0.6 is 11.3 Å². The maximum atomic E-state index is 13.3. The van der Waals surface area contributed by atoms with Gasteiger partial charge in [0.25, 0.3) is 5.91 Å². The average molecular weight is 461 g/mol. The number of anilines is 1. The van der Waals surface area contributed by atoms with Crippen LogP contribution in [-0.4, -0.2) is 38.7 Å². The van der Waals surface area contributed by atoms with Crippen molar-refractivity contribution in [2.24, 2.45) is 7.05 Å². The molecule has 1 amide bonds. The molecule has 0 aromatic carbocycles. The molecule has 5 heterocycles. The second-order valence-corrected chi connectivity index (χ2v) is 9.50. The van der Waals surface area contributed by atoms with E-state index in [1.807, 2.05) is 43.7 Å². The van der Waals surface area contributed by atoms with Crippen LogP contribution in [0, 0.1) is 6.92 Å². The Labute approximate surface area is 197 Å². The van der Waals surface area contributed by atoms with Crippen LogP contribution in [0.15, 0.2) is 41.9 Å². The number of hydrogen-bond donors (Lipinski definition) is 1. The van der Waals surface area contributed by atoms with Gasteiger partial charge in [-0.3, -0.25) is 9.48 Å². The summed E-state index contributed by atoms with van der Waals surface area (Å²) in [6.07, 6.45) is 6.91. The molecule has 0 spiro atoms. The molecule has 0 saturated carbocycles. The lowest BCUT2D eigenvalue weighted by Gasteiger charge is -2.21. The molecule has 0 aliphatic carbocycles. The van der Waals surface area contributed by atoms with E-state index >= 15 is 0 Å². The van der Waals surface area contributed by atoms with Gasteiger partial charge in [0, 0.05) is 32.9 Å². The van der Waals surface area contributed by atoms with Crippen LogP contribution in [0.2, 0.25) is 0 Å². The third kappa shape index (κ3) is 4.48. The first-order valence-electron chi connectivity index (χ1n) is 11.5. The Morgan fingerprint density at radius 3 is 2.67 bits per heavy atom. The number of aromatic nitrogens is 4. The van der Waals surface area contributed by atoms with Crippen molar-refractivity contribution in [3.05, 3.63) is 58.7 Å². The van der Waals surface area contributed by atoms with Gasteiger partial charge in [0.05, 0.1) is 27.2 Å². The van der Waals surface area contributed by atoms with Gasteiger partial charge in [-0.2, -0.15) is 5.10 Å². The molecular weight excluding hydrogens is 432 g/mol. The molecule has 1 aliphatic heterocycles. The maximum Gasteiger partial charge on any atom is 0.252 e. The van der Waals surface area contributed by atoms with E-state index in [1.165, 1.54) is 25.7 Å². The molecule has 4 aromatic rings. The molecule has 7 nitrogen and oxygen atoms in total. The Morgan fingerprint density at radius 2 is 1.97 bits per heavy atom. The summed E-state index contributed by atoms with van der Waals surface area (Å²) in [5.74, 6) is 0.891. The topological polar surface area (TPSA) is 75.9 Å². The van der Waals surface area contributed by atoms with E-state index in [-0.39, 0.29) is 5.91 Å². The quantitative estimate of drug-likeness (QED) is 0.467. The van der Waals surface area contributed by atoms with E-state index in [2.05, 4.69) is 32.4 Å². The van der Waals surface area contributed by atoms with Crippen LogP contribution in [0.5, 0.6) is 0 Å². The molecule has 8 heteroatoms. The summed E-state index contributed by atoms with van der Waals surface area (Å²) < 4.78 is 1.74. The lowest BCUT2D eigenvalue weighted by Crippen LogP contribution is -2.25. The summed E-state index contributed by atoms with van der Waals surface area (Å²) in [5.41, 5.74) is 3.88. The molecule has 1 fully saturated rings. The van der Waals surface area contributed by atoms with Gasteiger partial charge in [0.2, 0.25) is 0 Å². The highest BCUT2D eigenvalue weighted by Crippen LogP contribution is 2.29. The fourth-order valence-corrected chi connectivity index (χ4v) is 5.15. The predicted octanol–water partition coefficient (Wildman–Crippen LogP) is 4.71. The standard InChI is InChI=1S/C25H28N6OS/c1-17-23-19(14-20(21-8-7-13-33-21)28-24(23)30(2)29-17)25(32)27-16-18-9-10-22(26-15-18)31-11-5-3-4-6-12-31/h7-10,13-15H,3-6,11-12,16H2,1-2H3,(H,27,32). The van der Waals surface area contributed by atoms with E-state index in [9.17, 15) is 4.79 Å². The van der Waals surface area contributed by atoms with Crippen molar-refractivity contribution in [3.63, 3.8) is 0 Å². The number of aryl methyl sites for hydroxylation is 2. The zero-order valence-corrected chi connectivity index (χ0v) is 19.9. The van der Waals surface area contributed by atoms with Crippen molar-refractivity contribution in [2.45, 2.75) is 39.2 Å². The lowest BCUT2D eigenvalue weighted by molar-refractivity contribution is 0.0952. The molecule has 1 N–H and O–H groups in total. The summed E-state index contributed by atoms with van der Waals surface area (Å²) in [4.78, 5) is 26.1. The number of fused-ring (bicyclic) bond motifs is 1. The number of carbonyl (C=O) groups excluding carboxylic acids is 1. The molecule has 0 bridgehead atoms. The van der Waals surface area contributed by atoms with Crippen molar-refractivity contribution in [3.8, 4) is 10.6 Å². The zero-order chi connectivity index (χ0) is 22.8. The molecule has 0 radical (unpaired) electrons. The molecular formula is C25H28N6OS. The number of pyridine rings is 2. The van der Waals surface area contributed by atoms with Crippen molar-refractivity contribution in [1.29, 1.82) is 0 Å². The molecule has 4 aromatic heterocycles. The van der Waals surface area contributed by atoms with Crippen molar-refractivity contribution in [1.82, 2.24) is 25.1 Å². The van der Waals surface area contributed by atoms with E-state index in [1.54, 1.807) is 16.0 Å². The fraction of sp³-hybridized carbons (Fsp3) is 0.360. The van der Waals surface area contributed by atoms with Crippen molar-refractivity contribution >= 4 is 34.1 Å². The average Bonchev–Trinajstić information content (AvgIpc) is 3.37. The lowest BCUT2D eigenvalue weighted by atomic mass is 10.1. The minimum Gasteiger partial charge on any atom is -0.357 e. The number of carbonyl (C=O) groups is 1. The summed E-state index contributed by atoms with van der Waals surface area (Å²) in [5, 5.41) is 10.4. The van der Waals surface area contributed by atoms with Gasteiger partial charge in [0.1, 0.15) is 5.82 Å². The van der Waals surface area contributed by atoms with E-state index < -0.39 is 0 Å². The molecule has 1 saturated heterocycles. The number of rotatable bonds is 5. The molecule has 170 valence electrons. The predicted molar refractivity (Wildman–Crippen MR) is 133 cm³/mol. The minimum atomic E-state index is -0.132. The van der Waals surface area contributed by atoms with E-state index in [4.69, 9.17) is 4.98 Å². The normalized spacial score (nSPS) is 14.4. The molecule has 5 rings (SSSR count). The minimum absolute atomic E-state index is 0.132. The van der Waals surface area contributed by atoms with Crippen LogP contribution in [-0.2, 0) is 13.6 Å². The Morgan fingerprint density at radius 1 is 1.15 bits per heavy atom. The first kappa shape index (κ1) is 21.6. The summed E-state index contributed by atoms with van der Waals surface area (Å²) >= 11 is 1.61. The van der Waals surface area contributed by atoms with Crippen molar-refractivity contribution < 1.29 is 4.79 Å². The van der Waals surface area contributed by atoms with Crippen molar-refractivity contribution in [2.75, 3.05) is 18.0 Å². The first-order chi connectivity index (χ1) is 16.1. The third-order valence-corrected chi connectivity index (χ3v) is 7.07. The summed E-state index contributed by atoms with van der Waals surface area (Å²) in [7, 11) is 1.86. The molecule has 33 heavy (non-hydrogen) atoms. The number of hydrogen-bond acceptors (Lipinski definition) is 6. The van der Waals surface area contributed by atoms with Gasteiger partial charge in [0.15, 0.2) is 5.65 Å². The SMILES string of the molecule is Cc1nn(C)c2nc(-c3cccs3)cc(C(=O)NCc3ccc(N4CCCCCC4)nc3)c12. The summed E-state index contributed by atoms with van der Waals surface area (Å²) in [6, 6.07) is 10.0. The first-order valence-corrected chi connectivity index (χ1v) is 12.3. The van der Waals surface area contributed by atoms with Gasteiger partial charge in [-0.25, -0.2) is 9.97 Å². The molecule has 1 aliphatic rings. The highest BCUT2D eigenvalue weighted by Gasteiger charge is 2.19. The Bertz CT molecular complexity index is 1250. The van der Waals surface area contributed by atoms with Gasteiger partial charge in [-0.15, -0.1) is 11.3 Å². The Balaban J connectivity index is 1.36. The maximum absolute atomic E-state index is 13.3. The number of amides is 1. The van der Waals surface area contributed by atoms with Gasteiger partial charge in [-0.05, 0) is 48.9 Å². The Kier molecular flexibility index (Phi) is 6.09. The monoisotopic (exact) mass is 460 g/mol. The summed E-state index contributed by atoms with van der Waals surface area (Å²) in [6.45, 7) is 4.47. The smallest absolute Gasteiger partial charge is 0.252 e. The second kappa shape index (κ2) is 9.31. The molecule has 0 atom stereocenters. The van der Waals surface area contributed by atoms with Crippen LogP contribution < -0.4 is 10.2 Å². The highest BCUT2D eigenvalue weighted by molar-refractivity contribution is 7.13. The fourth-order valence-electron chi connectivity index (χ4n) is 4.46. The number of thiophene rings is 1. The number of nitrogens with zero attached hydrogens (tertiary/aromatic N) is 5. The highest BCUT2D eigenvalue weighted by atomic mass is 32.1. The van der Waals surface area contributed by atoms with Crippen LogP contribution in [0.1, 0.15) is 47.3 Å². The second-order valence-electron chi connectivity index (χ2n) is 8.55. The van der Waals surface area contributed by atoms with E-state index in [0.29, 0.717) is 17.8 Å². The van der Waals surface area contributed by atoms with Crippen LogP contribution in [0.25, 0.3) is 21.6 Å². The van der Waals surface area contributed by atoms with Crippen LogP contribution in [0.4, 0.5) is 5.82 Å². The third-order valence-electron chi connectivity index (χ3n) is 6.18. The molecule has 0 unspecified atom stereocenters.